The number of pyridine rings is 1. The smallest absolute Gasteiger partial charge is 0.242 e. The number of thiophene rings is 1. The maximum absolute atomic E-state index is 14.1. The number of nitrogens with zero attached hydrogens (tertiary/aromatic N) is 1. The van der Waals surface area contributed by atoms with Gasteiger partial charge < -0.3 is 10.1 Å². The van der Waals surface area contributed by atoms with Crippen molar-refractivity contribution in [1.29, 1.82) is 0 Å². The molecule has 5 nitrogen and oxygen atoms in total. The molecule has 1 N–H and O–H groups in total. The number of aromatic nitrogens is 1. The van der Waals surface area contributed by atoms with Crippen LogP contribution in [0.4, 0.5) is 8.78 Å². The van der Waals surface area contributed by atoms with Gasteiger partial charge in [-0.3, -0.25) is 9.59 Å². The molecular weight excluding hydrogens is 526 g/mol. The highest BCUT2D eigenvalue weighted by atomic mass is 35.5. The number of Topliss-reactive ketones (excluding diaryl/α,β-unsaturated/α-hetero) is 1. The van der Waals surface area contributed by atoms with Crippen LogP contribution in [0.3, 0.4) is 0 Å². The molecule has 0 aliphatic carbocycles. The fourth-order valence-corrected chi connectivity index (χ4v) is 5.94. The van der Waals surface area contributed by atoms with Crippen molar-refractivity contribution in [2.45, 2.75) is 22.1 Å². The SMILES string of the molecule is O=C1CC(c2ccsc2)(c2cccc(Oc3ccc(F)cc3F)n2)NC(=O)C1Sc1ccccc1Cl. The van der Waals surface area contributed by atoms with Gasteiger partial charge >= 0.3 is 0 Å². The number of ether oxygens (including phenoxy) is 1. The number of amides is 1. The summed E-state index contributed by atoms with van der Waals surface area (Å²) in [4.78, 5) is 31.8. The molecule has 2 atom stereocenters. The molecule has 182 valence electrons. The Morgan fingerprint density at radius 1 is 1.08 bits per heavy atom. The molecule has 1 amide bonds. The Morgan fingerprint density at radius 3 is 2.64 bits per heavy atom. The number of piperidine rings is 1. The summed E-state index contributed by atoms with van der Waals surface area (Å²) in [5.74, 6) is -2.54. The number of ketones is 1. The molecule has 1 aliphatic rings. The van der Waals surface area contributed by atoms with E-state index in [-0.39, 0.29) is 23.8 Å². The van der Waals surface area contributed by atoms with Gasteiger partial charge in [0.1, 0.15) is 16.6 Å². The van der Waals surface area contributed by atoms with Crippen LogP contribution >= 0.6 is 34.7 Å². The van der Waals surface area contributed by atoms with Gasteiger partial charge in [0.2, 0.25) is 11.8 Å². The summed E-state index contributed by atoms with van der Waals surface area (Å²) in [7, 11) is 0. The standard InChI is InChI=1S/C26H17ClF2N2O3S2/c27-17-4-1-2-5-21(17)36-24-19(32)13-26(31-25(24)33,15-10-11-35-14-15)22-6-3-7-23(30-22)34-20-9-8-16(28)12-18(20)29/h1-12,14,24H,13H2,(H,31,33). The highest BCUT2D eigenvalue weighted by Crippen LogP contribution is 2.41. The maximum atomic E-state index is 14.1. The molecule has 4 aromatic rings. The first kappa shape index (κ1) is 24.4. The van der Waals surface area contributed by atoms with Gasteiger partial charge in [0.25, 0.3) is 0 Å². The molecule has 10 heteroatoms. The highest BCUT2D eigenvalue weighted by Gasteiger charge is 2.48. The van der Waals surface area contributed by atoms with Crippen LogP contribution < -0.4 is 10.1 Å². The minimum atomic E-state index is -1.24. The van der Waals surface area contributed by atoms with Crippen molar-refractivity contribution in [3.8, 4) is 11.6 Å². The number of carbonyl (C=O) groups is 2. The van der Waals surface area contributed by atoms with E-state index in [2.05, 4.69) is 10.3 Å². The Labute approximate surface area is 218 Å². The van der Waals surface area contributed by atoms with Crippen LogP contribution in [0.5, 0.6) is 11.6 Å². The van der Waals surface area contributed by atoms with Gasteiger partial charge in [0.15, 0.2) is 17.3 Å². The van der Waals surface area contributed by atoms with E-state index < -0.39 is 28.3 Å². The summed E-state index contributed by atoms with van der Waals surface area (Å²) < 4.78 is 33.0. The van der Waals surface area contributed by atoms with Crippen molar-refractivity contribution < 1.29 is 23.1 Å². The van der Waals surface area contributed by atoms with Gasteiger partial charge in [-0.05, 0) is 52.7 Å². The van der Waals surface area contributed by atoms with Crippen LogP contribution in [0.1, 0.15) is 17.7 Å². The lowest BCUT2D eigenvalue weighted by molar-refractivity contribution is -0.133. The van der Waals surface area contributed by atoms with Crippen molar-refractivity contribution in [2.24, 2.45) is 0 Å². The first-order valence-electron chi connectivity index (χ1n) is 10.7. The minimum Gasteiger partial charge on any atom is -0.436 e. The second-order valence-electron chi connectivity index (χ2n) is 8.02. The molecule has 0 radical (unpaired) electrons. The summed E-state index contributed by atoms with van der Waals surface area (Å²) in [5, 5.41) is 6.17. The summed E-state index contributed by atoms with van der Waals surface area (Å²) in [5.41, 5.74) is -0.205. The lowest BCUT2D eigenvalue weighted by Gasteiger charge is -2.39. The number of hydrogen-bond donors (Lipinski definition) is 1. The van der Waals surface area contributed by atoms with E-state index in [0.29, 0.717) is 27.2 Å². The number of halogens is 3. The van der Waals surface area contributed by atoms with Crippen LogP contribution in [0, 0.1) is 11.6 Å². The predicted octanol–water partition coefficient (Wildman–Crippen LogP) is 6.36. The van der Waals surface area contributed by atoms with Crippen molar-refractivity contribution in [3.63, 3.8) is 0 Å². The van der Waals surface area contributed by atoms with E-state index in [1.807, 2.05) is 16.8 Å². The van der Waals surface area contributed by atoms with Crippen LogP contribution in [0.15, 0.2) is 82.4 Å². The van der Waals surface area contributed by atoms with Crippen molar-refractivity contribution in [3.05, 3.63) is 105 Å². The Bertz CT molecular complexity index is 1430. The highest BCUT2D eigenvalue weighted by molar-refractivity contribution is 8.01. The lowest BCUT2D eigenvalue weighted by atomic mass is 9.79. The quantitative estimate of drug-likeness (QED) is 0.287. The third-order valence-electron chi connectivity index (χ3n) is 5.67. The zero-order valence-electron chi connectivity index (χ0n) is 18.4. The summed E-state index contributed by atoms with van der Waals surface area (Å²) in [6.07, 6.45) is -0.0566. The Balaban J connectivity index is 1.49. The molecular formula is C26H17ClF2N2O3S2. The Kier molecular flexibility index (Phi) is 6.79. The summed E-state index contributed by atoms with van der Waals surface area (Å²) in [6, 6.07) is 16.6. The van der Waals surface area contributed by atoms with E-state index in [0.717, 1.165) is 23.9 Å². The zero-order valence-corrected chi connectivity index (χ0v) is 20.8. The lowest BCUT2D eigenvalue weighted by Crippen LogP contribution is -2.58. The van der Waals surface area contributed by atoms with E-state index in [9.17, 15) is 18.4 Å². The molecule has 0 bridgehead atoms. The number of rotatable bonds is 6. The number of nitrogens with one attached hydrogen (secondary N) is 1. The molecule has 1 fully saturated rings. The third-order valence-corrected chi connectivity index (χ3v) is 8.12. The van der Waals surface area contributed by atoms with Gasteiger partial charge in [0.05, 0.1) is 10.7 Å². The number of benzene rings is 2. The molecule has 5 rings (SSSR count). The predicted molar refractivity (Wildman–Crippen MR) is 135 cm³/mol. The monoisotopic (exact) mass is 542 g/mol. The van der Waals surface area contributed by atoms with Crippen molar-refractivity contribution in [1.82, 2.24) is 10.3 Å². The molecule has 2 aromatic carbocycles. The van der Waals surface area contributed by atoms with E-state index >= 15 is 0 Å². The van der Waals surface area contributed by atoms with Gasteiger partial charge in [-0.1, -0.05) is 29.8 Å². The van der Waals surface area contributed by atoms with Crippen molar-refractivity contribution in [2.75, 3.05) is 0 Å². The second kappa shape index (κ2) is 10.0. The summed E-state index contributed by atoms with van der Waals surface area (Å²) in [6.45, 7) is 0. The zero-order chi connectivity index (χ0) is 25.3. The first-order valence-corrected chi connectivity index (χ1v) is 12.9. The average Bonchev–Trinajstić information content (AvgIpc) is 3.40. The normalized spacial score (nSPS) is 19.7. The number of hydrogen-bond acceptors (Lipinski definition) is 6. The molecule has 2 aromatic heterocycles. The largest absolute Gasteiger partial charge is 0.436 e. The Hall–Kier alpha value is -3.27. The van der Waals surface area contributed by atoms with Gasteiger partial charge in [0, 0.05) is 23.4 Å². The Morgan fingerprint density at radius 2 is 1.92 bits per heavy atom. The second-order valence-corrected chi connectivity index (χ2v) is 10.4. The molecule has 36 heavy (non-hydrogen) atoms. The summed E-state index contributed by atoms with van der Waals surface area (Å²) >= 11 is 8.76. The maximum Gasteiger partial charge on any atom is 0.242 e. The minimum absolute atomic E-state index is 0.0295. The van der Waals surface area contributed by atoms with Gasteiger partial charge in [-0.25, -0.2) is 13.8 Å². The number of carbonyl (C=O) groups excluding carboxylic acids is 2. The van der Waals surface area contributed by atoms with Crippen LogP contribution in [0.2, 0.25) is 5.02 Å². The topological polar surface area (TPSA) is 68.3 Å². The van der Waals surface area contributed by atoms with Gasteiger partial charge in [-0.15, -0.1) is 11.8 Å². The number of thioether (sulfide) groups is 1. The molecule has 0 spiro atoms. The van der Waals surface area contributed by atoms with Crippen molar-refractivity contribution >= 4 is 46.4 Å². The fourth-order valence-electron chi connectivity index (χ4n) is 3.97. The van der Waals surface area contributed by atoms with E-state index in [1.165, 1.54) is 17.4 Å². The van der Waals surface area contributed by atoms with E-state index in [4.69, 9.17) is 16.3 Å². The molecule has 3 heterocycles. The fraction of sp³-hybridized carbons (Fsp3) is 0.115. The molecule has 0 saturated carbocycles. The van der Waals surface area contributed by atoms with Crippen LogP contribution in [-0.2, 0) is 15.1 Å². The molecule has 1 saturated heterocycles. The third kappa shape index (κ3) is 4.74. The molecule has 2 unspecified atom stereocenters. The first-order chi connectivity index (χ1) is 17.4. The average molecular weight is 543 g/mol. The van der Waals surface area contributed by atoms with Crippen LogP contribution in [-0.4, -0.2) is 21.9 Å². The van der Waals surface area contributed by atoms with Gasteiger partial charge in [-0.2, -0.15) is 11.3 Å². The van der Waals surface area contributed by atoms with E-state index in [1.54, 1.807) is 36.4 Å². The van der Waals surface area contributed by atoms with Crippen LogP contribution in [0.25, 0.3) is 0 Å². The molecule has 1 aliphatic heterocycles.